The first-order chi connectivity index (χ1) is 9.24. The second-order valence-corrected chi connectivity index (χ2v) is 5.94. The van der Waals surface area contributed by atoms with Crippen molar-refractivity contribution in [2.24, 2.45) is 0 Å². The highest BCUT2D eigenvalue weighted by molar-refractivity contribution is 7.18. The zero-order valence-electron chi connectivity index (χ0n) is 10.4. The lowest BCUT2D eigenvalue weighted by molar-refractivity contribution is -0.657. The first-order valence-electron chi connectivity index (χ1n) is 5.90. The molecule has 3 rings (SSSR count). The number of carbonyl (C=O) groups is 1. The smallest absolute Gasteiger partial charge is 0.237 e. The molecule has 0 amide bonds. The van der Waals surface area contributed by atoms with Crippen LogP contribution in [0.1, 0.15) is 9.67 Å². The molecule has 0 aliphatic heterocycles. The monoisotopic (exact) mass is 367 g/mol. The molecule has 0 spiro atoms. The topological polar surface area (TPSA) is 20.9 Å². The summed E-state index contributed by atoms with van der Waals surface area (Å²) in [6.07, 6.45) is 1.93. The number of fused-ring (bicyclic) bond motifs is 1. The van der Waals surface area contributed by atoms with Crippen LogP contribution >= 0.6 is 22.9 Å². The van der Waals surface area contributed by atoms with Crippen LogP contribution in [0, 0.1) is 0 Å². The summed E-state index contributed by atoms with van der Waals surface area (Å²) in [6, 6.07) is 15.6. The van der Waals surface area contributed by atoms with E-state index in [-0.39, 0.29) is 22.8 Å². The molecule has 0 N–H and O–H groups in total. The predicted octanol–water partition coefficient (Wildman–Crippen LogP) is 0.729. The summed E-state index contributed by atoms with van der Waals surface area (Å²) in [6.45, 7) is 0.332. The van der Waals surface area contributed by atoms with Crippen LogP contribution in [0.3, 0.4) is 0 Å². The van der Waals surface area contributed by atoms with Crippen molar-refractivity contribution >= 4 is 39.6 Å². The molecule has 0 bridgehead atoms. The van der Waals surface area contributed by atoms with Crippen molar-refractivity contribution in [3.8, 4) is 0 Å². The summed E-state index contributed by atoms with van der Waals surface area (Å²) >= 11 is 7.19. The number of nitrogens with zero attached hydrogens (tertiary/aromatic N) is 1. The first-order valence-corrected chi connectivity index (χ1v) is 7.09. The van der Waals surface area contributed by atoms with Gasteiger partial charge in [-0.2, -0.15) is 4.57 Å². The minimum atomic E-state index is 0. The van der Waals surface area contributed by atoms with Crippen LogP contribution < -0.4 is 21.5 Å². The molecule has 0 radical (unpaired) electrons. The van der Waals surface area contributed by atoms with Gasteiger partial charge in [-0.05, 0) is 24.3 Å². The Hall–Kier alpha value is -1.23. The van der Waals surface area contributed by atoms with E-state index in [1.165, 1.54) is 11.3 Å². The summed E-state index contributed by atoms with van der Waals surface area (Å²) < 4.78 is 2.61. The number of benzene rings is 1. The molecule has 102 valence electrons. The number of rotatable bonds is 3. The van der Waals surface area contributed by atoms with Crippen molar-refractivity contribution in [3.05, 3.63) is 63.9 Å². The van der Waals surface area contributed by atoms with E-state index < -0.39 is 0 Å². The Bertz CT molecular complexity index is 751. The van der Waals surface area contributed by atoms with Gasteiger partial charge in [-0.1, -0.05) is 23.7 Å². The van der Waals surface area contributed by atoms with Gasteiger partial charge in [-0.25, -0.2) is 0 Å². The number of hydrogen-bond acceptors (Lipinski definition) is 2. The maximum Gasteiger partial charge on any atom is 0.237 e. The number of aromatic nitrogens is 1. The van der Waals surface area contributed by atoms with Crippen LogP contribution in [-0.2, 0) is 6.54 Å². The highest BCUT2D eigenvalue weighted by Gasteiger charge is 2.16. The van der Waals surface area contributed by atoms with Gasteiger partial charge < -0.3 is 17.0 Å². The van der Waals surface area contributed by atoms with E-state index in [9.17, 15) is 4.79 Å². The third kappa shape index (κ3) is 3.08. The lowest BCUT2D eigenvalue weighted by atomic mass is 10.2. The zero-order valence-corrected chi connectivity index (χ0v) is 13.6. The van der Waals surface area contributed by atoms with Gasteiger partial charge in [-0.3, -0.25) is 4.79 Å². The van der Waals surface area contributed by atoms with E-state index in [0.29, 0.717) is 15.8 Å². The fraction of sp³-hybridized carbons (Fsp3) is 0.0667. The Balaban J connectivity index is 0.00000147. The number of carbonyl (C=O) groups excluding carboxylic acids is 1. The fourth-order valence-corrected chi connectivity index (χ4v) is 3.03. The van der Waals surface area contributed by atoms with Gasteiger partial charge in [0.1, 0.15) is 0 Å². The molecule has 5 heteroatoms. The second kappa shape index (κ2) is 6.48. The van der Waals surface area contributed by atoms with Crippen LogP contribution in [0.15, 0.2) is 54.7 Å². The third-order valence-corrected chi connectivity index (χ3v) is 4.22. The number of halogens is 2. The van der Waals surface area contributed by atoms with E-state index in [0.717, 1.165) is 10.9 Å². The predicted molar refractivity (Wildman–Crippen MR) is 77.8 cm³/mol. The molecule has 0 saturated carbocycles. The van der Waals surface area contributed by atoms with E-state index >= 15 is 0 Å². The molecule has 0 aliphatic carbocycles. The van der Waals surface area contributed by atoms with E-state index in [1.807, 2.05) is 47.2 Å². The van der Waals surface area contributed by atoms with Crippen molar-refractivity contribution in [2.45, 2.75) is 6.54 Å². The Morgan fingerprint density at radius 3 is 2.60 bits per heavy atom. The largest absolute Gasteiger partial charge is 1.00 e. The van der Waals surface area contributed by atoms with Gasteiger partial charge >= 0.3 is 0 Å². The summed E-state index contributed by atoms with van der Waals surface area (Å²) in [5.41, 5.74) is 1.06. The highest BCUT2D eigenvalue weighted by atomic mass is 79.9. The van der Waals surface area contributed by atoms with Gasteiger partial charge in [0.15, 0.2) is 6.20 Å². The van der Waals surface area contributed by atoms with Crippen molar-refractivity contribution in [3.63, 3.8) is 0 Å². The average molecular weight is 369 g/mol. The summed E-state index contributed by atoms with van der Waals surface area (Å²) in [4.78, 5) is 12.9. The van der Waals surface area contributed by atoms with Gasteiger partial charge in [0.05, 0.1) is 9.21 Å². The lowest BCUT2D eigenvalue weighted by Gasteiger charge is -1.99. The standard InChI is InChI=1S/C15H11ClNOS.BrH/c16-15-8-7-14(19-15)13(18)10-17-9-3-5-11-4-1-2-6-12(11)17;/h1-9H,10H2;1H/q+1;/p-1. The molecule has 20 heavy (non-hydrogen) atoms. The van der Waals surface area contributed by atoms with Gasteiger partial charge in [0.25, 0.3) is 0 Å². The van der Waals surface area contributed by atoms with E-state index in [4.69, 9.17) is 11.6 Å². The normalized spacial score (nSPS) is 10.2. The van der Waals surface area contributed by atoms with Crippen LogP contribution in [0.25, 0.3) is 10.9 Å². The Morgan fingerprint density at radius 1 is 1.10 bits per heavy atom. The number of thiophene rings is 1. The molecule has 0 atom stereocenters. The van der Waals surface area contributed by atoms with Crippen LogP contribution in [0.2, 0.25) is 4.34 Å². The summed E-state index contributed by atoms with van der Waals surface area (Å²) in [5.74, 6) is 0.0817. The molecular formula is C15H11BrClNOS. The number of para-hydroxylation sites is 1. The van der Waals surface area contributed by atoms with Crippen molar-refractivity contribution in [1.29, 1.82) is 0 Å². The molecule has 2 heterocycles. The van der Waals surface area contributed by atoms with Gasteiger partial charge in [0.2, 0.25) is 17.8 Å². The Kier molecular flexibility index (Phi) is 4.91. The van der Waals surface area contributed by atoms with Crippen LogP contribution in [-0.4, -0.2) is 5.78 Å². The minimum Gasteiger partial charge on any atom is -1.00 e. The molecule has 3 aromatic rings. The molecule has 0 aliphatic rings. The molecule has 0 fully saturated rings. The highest BCUT2D eigenvalue weighted by Crippen LogP contribution is 2.21. The number of pyridine rings is 1. The zero-order chi connectivity index (χ0) is 13.2. The van der Waals surface area contributed by atoms with Crippen molar-refractivity contribution in [2.75, 3.05) is 0 Å². The van der Waals surface area contributed by atoms with Crippen LogP contribution in [0.4, 0.5) is 0 Å². The minimum absolute atomic E-state index is 0. The average Bonchev–Trinajstić information content (AvgIpc) is 2.86. The molecule has 2 aromatic heterocycles. The Labute approximate surface area is 136 Å². The molecular weight excluding hydrogens is 358 g/mol. The second-order valence-electron chi connectivity index (χ2n) is 4.22. The Morgan fingerprint density at radius 2 is 1.85 bits per heavy atom. The molecule has 1 aromatic carbocycles. The lowest BCUT2D eigenvalue weighted by Crippen LogP contribution is -3.00. The third-order valence-electron chi connectivity index (χ3n) is 2.95. The van der Waals surface area contributed by atoms with E-state index in [1.54, 1.807) is 12.1 Å². The van der Waals surface area contributed by atoms with Crippen LogP contribution in [0.5, 0.6) is 0 Å². The number of ketones is 1. The van der Waals surface area contributed by atoms with E-state index in [2.05, 4.69) is 0 Å². The SMILES string of the molecule is O=C(C[n+]1cccc2ccccc21)c1ccc(Cl)s1.[Br-]. The quantitative estimate of drug-likeness (QED) is 0.493. The van der Waals surface area contributed by atoms with Gasteiger partial charge in [-0.15, -0.1) is 11.3 Å². The number of Topliss-reactive ketones (excluding diaryl/α,β-unsaturated/α-hetero) is 1. The summed E-state index contributed by atoms with van der Waals surface area (Å²) in [5, 5.41) is 1.13. The maximum atomic E-state index is 12.2. The first kappa shape index (κ1) is 15.2. The maximum absolute atomic E-state index is 12.2. The van der Waals surface area contributed by atoms with Crippen molar-refractivity contribution in [1.82, 2.24) is 0 Å². The van der Waals surface area contributed by atoms with Crippen molar-refractivity contribution < 1.29 is 26.3 Å². The summed E-state index contributed by atoms with van der Waals surface area (Å²) in [7, 11) is 0. The molecule has 0 unspecified atom stereocenters. The fourth-order valence-electron chi connectivity index (χ4n) is 2.06. The molecule has 2 nitrogen and oxygen atoms in total. The number of hydrogen-bond donors (Lipinski definition) is 0. The molecule has 0 saturated heterocycles. The van der Waals surface area contributed by atoms with Gasteiger partial charge in [0, 0.05) is 17.5 Å².